The lowest BCUT2D eigenvalue weighted by Gasteiger charge is -1.92. The molecule has 0 saturated heterocycles. The van der Waals surface area contributed by atoms with Gasteiger partial charge in [-0.3, -0.25) is 0 Å². The van der Waals surface area contributed by atoms with Crippen LogP contribution in [-0.2, 0) is 6.42 Å². The van der Waals surface area contributed by atoms with Crippen LogP contribution in [0.5, 0.6) is 0 Å². The second-order valence-electron chi connectivity index (χ2n) is 3.16. The zero-order valence-electron chi connectivity index (χ0n) is 6.88. The first kappa shape index (κ1) is 7.77. The topological polar surface area (TPSA) is 0 Å². The van der Waals surface area contributed by atoms with Crippen molar-refractivity contribution in [3.8, 4) is 0 Å². The molecule has 0 N–H and O–H groups in total. The lowest BCUT2D eigenvalue weighted by molar-refractivity contribution is 1.40. The second-order valence-corrected chi connectivity index (χ2v) is 5.12. The van der Waals surface area contributed by atoms with Gasteiger partial charge in [-0.25, -0.2) is 0 Å². The summed E-state index contributed by atoms with van der Waals surface area (Å²) < 4.78 is 2.61. The fraction of sp³-hybridized carbons (Fsp3) is 0.0909. The van der Waals surface area contributed by atoms with Crippen LogP contribution in [0.3, 0.4) is 0 Å². The van der Waals surface area contributed by atoms with Crippen molar-refractivity contribution in [3.63, 3.8) is 0 Å². The summed E-state index contributed by atoms with van der Waals surface area (Å²) in [5.41, 5.74) is 1.43. The van der Waals surface area contributed by atoms with Crippen molar-refractivity contribution in [3.05, 3.63) is 39.2 Å². The predicted molar refractivity (Wildman–Crippen MR) is 62.3 cm³/mol. The minimum absolute atomic E-state index is 1.11. The number of hydrogen-bond donors (Lipinski definition) is 0. The molecular formula is C11H7BrS. The highest BCUT2D eigenvalue weighted by Gasteiger charge is 2.13. The molecule has 0 fully saturated rings. The molecule has 0 unspecified atom stereocenters. The Morgan fingerprint density at radius 2 is 2.23 bits per heavy atom. The SMILES string of the molecule is Brc1cccc2c3c(sc12)CC=C3. The first-order chi connectivity index (χ1) is 6.36. The molecule has 0 saturated carbocycles. The molecule has 1 heterocycles. The number of benzene rings is 1. The molecule has 2 heteroatoms. The number of hydrogen-bond acceptors (Lipinski definition) is 1. The van der Waals surface area contributed by atoms with Gasteiger partial charge in [-0.15, -0.1) is 11.3 Å². The fourth-order valence-electron chi connectivity index (χ4n) is 1.77. The van der Waals surface area contributed by atoms with Crippen molar-refractivity contribution >= 4 is 43.4 Å². The van der Waals surface area contributed by atoms with E-state index in [1.165, 1.54) is 25.0 Å². The van der Waals surface area contributed by atoms with Crippen LogP contribution >= 0.6 is 27.3 Å². The van der Waals surface area contributed by atoms with Gasteiger partial charge in [0.2, 0.25) is 0 Å². The van der Waals surface area contributed by atoms with Crippen LogP contribution in [0.15, 0.2) is 28.7 Å². The van der Waals surface area contributed by atoms with E-state index >= 15 is 0 Å². The fourth-order valence-corrected chi connectivity index (χ4v) is 3.55. The summed E-state index contributed by atoms with van der Waals surface area (Å²) in [5, 5.41) is 1.39. The maximum Gasteiger partial charge on any atom is 0.0494 e. The van der Waals surface area contributed by atoms with E-state index in [1.54, 1.807) is 0 Å². The summed E-state index contributed by atoms with van der Waals surface area (Å²) >= 11 is 5.49. The zero-order valence-corrected chi connectivity index (χ0v) is 9.28. The Kier molecular flexibility index (Phi) is 1.61. The van der Waals surface area contributed by atoms with Crippen LogP contribution in [0.4, 0.5) is 0 Å². The lowest BCUT2D eigenvalue weighted by Crippen LogP contribution is -1.69. The Morgan fingerprint density at radius 3 is 3.15 bits per heavy atom. The third-order valence-electron chi connectivity index (χ3n) is 2.37. The molecule has 0 nitrogen and oxygen atoms in total. The highest BCUT2D eigenvalue weighted by Crippen LogP contribution is 2.39. The molecule has 0 atom stereocenters. The smallest absolute Gasteiger partial charge is 0.0494 e. The first-order valence-corrected chi connectivity index (χ1v) is 5.83. The summed E-state index contributed by atoms with van der Waals surface area (Å²) in [5.74, 6) is 0. The van der Waals surface area contributed by atoms with E-state index in [-0.39, 0.29) is 0 Å². The van der Waals surface area contributed by atoms with Gasteiger partial charge in [0.15, 0.2) is 0 Å². The molecule has 0 aliphatic heterocycles. The van der Waals surface area contributed by atoms with Crippen LogP contribution in [-0.4, -0.2) is 0 Å². The Balaban J connectivity index is 2.51. The van der Waals surface area contributed by atoms with Crippen molar-refractivity contribution < 1.29 is 0 Å². The van der Waals surface area contributed by atoms with Crippen LogP contribution < -0.4 is 0 Å². The Hall–Kier alpha value is -0.600. The molecule has 1 aliphatic rings. The van der Waals surface area contributed by atoms with Gasteiger partial charge >= 0.3 is 0 Å². The summed E-state index contributed by atoms with van der Waals surface area (Å²) in [7, 11) is 0. The van der Waals surface area contributed by atoms with E-state index in [2.05, 4.69) is 46.3 Å². The molecule has 64 valence electrons. The van der Waals surface area contributed by atoms with Gasteiger partial charge in [0, 0.05) is 25.9 Å². The number of fused-ring (bicyclic) bond motifs is 3. The number of halogens is 1. The van der Waals surface area contributed by atoms with Crippen LogP contribution in [0.25, 0.3) is 16.2 Å². The highest BCUT2D eigenvalue weighted by atomic mass is 79.9. The van der Waals surface area contributed by atoms with Gasteiger partial charge < -0.3 is 0 Å². The average Bonchev–Trinajstić information content (AvgIpc) is 2.65. The standard InChI is InChI=1S/C11H7BrS/c12-9-5-1-4-8-7-3-2-6-10(7)13-11(8)9/h1-5H,6H2. The van der Waals surface area contributed by atoms with E-state index in [0.29, 0.717) is 0 Å². The minimum Gasteiger partial charge on any atom is -0.138 e. The van der Waals surface area contributed by atoms with E-state index in [4.69, 9.17) is 0 Å². The van der Waals surface area contributed by atoms with Gasteiger partial charge in [0.25, 0.3) is 0 Å². The quantitative estimate of drug-likeness (QED) is 0.657. The summed E-state index contributed by atoms with van der Waals surface area (Å²) in [4.78, 5) is 1.50. The molecule has 1 aromatic carbocycles. The van der Waals surface area contributed by atoms with Gasteiger partial charge in [-0.1, -0.05) is 24.3 Å². The molecule has 1 aliphatic carbocycles. The maximum atomic E-state index is 3.58. The molecule has 2 aromatic rings. The molecule has 1 aromatic heterocycles. The second kappa shape index (κ2) is 2.69. The maximum absolute atomic E-state index is 3.58. The summed E-state index contributed by atoms with van der Waals surface area (Å²) in [6, 6.07) is 6.41. The van der Waals surface area contributed by atoms with Crippen molar-refractivity contribution in [2.45, 2.75) is 6.42 Å². The molecule has 0 spiro atoms. The van der Waals surface area contributed by atoms with Gasteiger partial charge in [-0.05, 0) is 27.6 Å². The normalized spacial score (nSPS) is 13.9. The van der Waals surface area contributed by atoms with E-state index < -0.39 is 0 Å². The van der Waals surface area contributed by atoms with Gasteiger partial charge in [0.1, 0.15) is 0 Å². The van der Waals surface area contributed by atoms with Gasteiger partial charge in [0.05, 0.1) is 0 Å². The minimum atomic E-state index is 1.11. The van der Waals surface area contributed by atoms with Crippen molar-refractivity contribution in [2.24, 2.45) is 0 Å². The van der Waals surface area contributed by atoms with Crippen LogP contribution in [0.1, 0.15) is 10.4 Å². The Labute approximate surface area is 89.0 Å². The molecule has 0 bridgehead atoms. The average molecular weight is 251 g/mol. The Bertz CT molecular complexity index is 508. The molecule has 0 amide bonds. The van der Waals surface area contributed by atoms with E-state index in [1.807, 2.05) is 11.3 Å². The number of rotatable bonds is 0. The highest BCUT2D eigenvalue weighted by molar-refractivity contribution is 9.10. The van der Waals surface area contributed by atoms with E-state index in [0.717, 1.165) is 6.42 Å². The van der Waals surface area contributed by atoms with Crippen LogP contribution in [0, 0.1) is 0 Å². The number of allylic oxidation sites excluding steroid dienone is 1. The zero-order chi connectivity index (χ0) is 8.84. The number of thiophene rings is 1. The summed E-state index contributed by atoms with van der Waals surface area (Å²) in [6.45, 7) is 0. The van der Waals surface area contributed by atoms with Crippen molar-refractivity contribution in [1.29, 1.82) is 0 Å². The Morgan fingerprint density at radius 1 is 1.31 bits per heavy atom. The monoisotopic (exact) mass is 250 g/mol. The largest absolute Gasteiger partial charge is 0.138 e. The van der Waals surface area contributed by atoms with Crippen LogP contribution in [0.2, 0.25) is 0 Å². The molecular weight excluding hydrogens is 244 g/mol. The third kappa shape index (κ3) is 1.02. The molecule has 3 rings (SSSR count). The first-order valence-electron chi connectivity index (χ1n) is 4.23. The lowest BCUT2D eigenvalue weighted by atomic mass is 10.2. The predicted octanol–water partition coefficient (Wildman–Crippen LogP) is 4.23. The van der Waals surface area contributed by atoms with Gasteiger partial charge in [-0.2, -0.15) is 0 Å². The summed E-state index contributed by atoms with van der Waals surface area (Å²) in [6.07, 6.45) is 5.59. The molecule has 0 radical (unpaired) electrons. The molecule has 13 heavy (non-hydrogen) atoms. The van der Waals surface area contributed by atoms with Crippen molar-refractivity contribution in [2.75, 3.05) is 0 Å². The van der Waals surface area contributed by atoms with E-state index in [9.17, 15) is 0 Å². The van der Waals surface area contributed by atoms with Crippen molar-refractivity contribution in [1.82, 2.24) is 0 Å². The third-order valence-corrected chi connectivity index (χ3v) is 4.57.